The van der Waals surface area contributed by atoms with Gasteiger partial charge in [-0.15, -0.1) is 0 Å². The summed E-state index contributed by atoms with van der Waals surface area (Å²) in [6.07, 6.45) is -15.6. The average molecular weight is 342 g/mol. The third-order valence-electron chi connectivity index (χ3n) is 3.97. The van der Waals surface area contributed by atoms with Gasteiger partial charge in [0.25, 0.3) is 0 Å². The monoisotopic (exact) mass is 342 g/mol. The van der Waals surface area contributed by atoms with Gasteiger partial charge in [-0.25, -0.2) is 0 Å². The summed E-state index contributed by atoms with van der Waals surface area (Å²) < 4.78 is 15.3. The molecule has 11 heteroatoms. The van der Waals surface area contributed by atoms with Gasteiger partial charge in [0.05, 0.1) is 13.2 Å². The van der Waals surface area contributed by atoms with E-state index in [1.807, 2.05) is 0 Å². The minimum atomic E-state index is -1.72. The van der Waals surface area contributed by atoms with Crippen molar-refractivity contribution >= 4 is 0 Å². The maximum atomic E-state index is 9.84. The number of rotatable bonds is 4. The largest absolute Gasteiger partial charge is 0.394 e. The van der Waals surface area contributed by atoms with Crippen molar-refractivity contribution in [2.45, 2.75) is 61.4 Å². The minimum absolute atomic E-state index is 0.667. The Hall–Kier alpha value is -0.440. The summed E-state index contributed by atoms with van der Waals surface area (Å²) in [5, 5.41) is 76.4. The van der Waals surface area contributed by atoms with E-state index < -0.39 is 74.6 Å². The maximum absolute atomic E-state index is 9.84. The van der Waals surface area contributed by atoms with Gasteiger partial charge >= 0.3 is 0 Å². The number of hydrogen-bond acceptors (Lipinski definition) is 11. The van der Waals surface area contributed by atoms with Crippen LogP contribution in [0.4, 0.5) is 0 Å². The highest BCUT2D eigenvalue weighted by Crippen LogP contribution is 2.27. The Labute approximate surface area is 130 Å². The van der Waals surface area contributed by atoms with Gasteiger partial charge in [0.15, 0.2) is 12.6 Å². The van der Waals surface area contributed by atoms with Crippen LogP contribution in [0.3, 0.4) is 0 Å². The van der Waals surface area contributed by atoms with Crippen LogP contribution in [0, 0.1) is 0 Å². The standard InChI is InChI=1S/C12H22O11/c13-1-3-5(15)7(17)9(19)11(21-3)23-12-10(20)8(18)6(16)4(2-14)22-12/h3-20H,1-2H2/t3?,4?,5-,6-,7-,8?,9?,10+,11-,12-/m1/s1. The fourth-order valence-corrected chi connectivity index (χ4v) is 2.49. The first kappa shape index (κ1) is 18.9. The summed E-state index contributed by atoms with van der Waals surface area (Å²) in [6, 6.07) is 0. The number of aliphatic hydroxyl groups is 8. The van der Waals surface area contributed by atoms with E-state index in [1.54, 1.807) is 0 Å². The Morgan fingerprint density at radius 1 is 0.565 bits per heavy atom. The molecule has 2 aliphatic rings. The molecule has 11 nitrogen and oxygen atoms in total. The zero-order chi connectivity index (χ0) is 17.3. The van der Waals surface area contributed by atoms with E-state index in [2.05, 4.69) is 0 Å². The molecule has 0 spiro atoms. The van der Waals surface area contributed by atoms with Crippen molar-refractivity contribution in [3.8, 4) is 0 Å². The van der Waals surface area contributed by atoms with E-state index in [-0.39, 0.29) is 0 Å². The highest BCUT2D eigenvalue weighted by molar-refractivity contribution is 4.92. The second kappa shape index (κ2) is 7.63. The molecule has 2 heterocycles. The molecule has 23 heavy (non-hydrogen) atoms. The number of ether oxygens (including phenoxy) is 3. The molecule has 2 rings (SSSR count). The Morgan fingerprint density at radius 3 is 1.22 bits per heavy atom. The van der Waals surface area contributed by atoms with Gasteiger partial charge < -0.3 is 55.1 Å². The molecule has 0 radical (unpaired) electrons. The molecule has 0 amide bonds. The van der Waals surface area contributed by atoms with Crippen LogP contribution in [0.1, 0.15) is 0 Å². The van der Waals surface area contributed by atoms with Gasteiger partial charge in [-0.3, -0.25) is 0 Å². The smallest absolute Gasteiger partial charge is 0.189 e. The molecule has 0 saturated carbocycles. The van der Waals surface area contributed by atoms with E-state index in [4.69, 9.17) is 24.4 Å². The van der Waals surface area contributed by atoms with Gasteiger partial charge in [-0.2, -0.15) is 0 Å². The van der Waals surface area contributed by atoms with Crippen LogP contribution in [-0.4, -0.2) is 115 Å². The van der Waals surface area contributed by atoms with Gasteiger partial charge in [-0.05, 0) is 0 Å². The van der Waals surface area contributed by atoms with Crippen LogP contribution < -0.4 is 0 Å². The van der Waals surface area contributed by atoms with Crippen molar-refractivity contribution in [3.63, 3.8) is 0 Å². The third kappa shape index (κ3) is 3.65. The lowest BCUT2D eigenvalue weighted by Crippen LogP contribution is -2.63. The lowest BCUT2D eigenvalue weighted by molar-refractivity contribution is -0.376. The van der Waals surface area contributed by atoms with Crippen LogP contribution >= 0.6 is 0 Å². The second-order valence-corrected chi connectivity index (χ2v) is 5.53. The number of hydrogen-bond donors (Lipinski definition) is 8. The fraction of sp³-hybridized carbons (Fsp3) is 1.00. The lowest BCUT2D eigenvalue weighted by atomic mass is 9.98. The summed E-state index contributed by atoms with van der Waals surface area (Å²) >= 11 is 0. The van der Waals surface area contributed by atoms with Crippen molar-refractivity contribution in [2.75, 3.05) is 13.2 Å². The molecule has 0 aromatic heterocycles. The molecule has 10 atom stereocenters. The molecule has 0 bridgehead atoms. The summed E-state index contributed by atoms with van der Waals surface area (Å²) in [4.78, 5) is 0. The van der Waals surface area contributed by atoms with Crippen LogP contribution in [0.25, 0.3) is 0 Å². The Bertz CT molecular complexity index is 344. The lowest BCUT2D eigenvalue weighted by Gasteiger charge is -2.44. The zero-order valence-electron chi connectivity index (χ0n) is 12.0. The molecule has 8 N–H and O–H groups in total. The van der Waals surface area contributed by atoms with Gasteiger partial charge in [0.1, 0.15) is 48.8 Å². The van der Waals surface area contributed by atoms with Crippen molar-refractivity contribution in [1.82, 2.24) is 0 Å². The predicted molar refractivity (Wildman–Crippen MR) is 68.6 cm³/mol. The Morgan fingerprint density at radius 2 is 0.913 bits per heavy atom. The minimum Gasteiger partial charge on any atom is -0.394 e. The van der Waals surface area contributed by atoms with Crippen LogP contribution in [0.15, 0.2) is 0 Å². The highest BCUT2D eigenvalue weighted by atomic mass is 16.8. The SMILES string of the molecule is OCC1O[C@H](O[C@H]2OC(CO)[C@@H](O)[C@@H](O)C2O)[C@@H](O)C(O)[C@@H]1O. The highest BCUT2D eigenvalue weighted by Gasteiger charge is 2.49. The first-order valence-electron chi connectivity index (χ1n) is 7.08. The molecule has 2 saturated heterocycles. The molecular weight excluding hydrogens is 320 g/mol. The normalized spacial score (nSPS) is 51.7. The van der Waals surface area contributed by atoms with E-state index >= 15 is 0 Å². The topological polar surface area (TPSA) is 190 Å². The summed E-state index contributed by atoms with van der Waals surface area (Å²) in [6.45, 7) is -1.33. The molecule has 2 fully saturated rings. The Kier molecular flexibility index (Phi) is 6.27. The van der Waals surface area contributed by atoms with Crippen LogP contribution in [0.5, 0.6) is 0 Å². The maximum Gasteiger partial charge on any atom is 0.189 e. The average Bonchev–Trinajstić information content (AvgIpc) is 2.55. The molecule has 0 aliphatic carbocycles. The summed E-state index contributed by atoms with van der Waals surface area (Å²) in [5.41, 5.74) is 0. The van der Waals surface area contributed by atoms with E-state index in [0.29, 0.717) is 0 Å². The summed E-state index contributed by atoms with van der Waals surface area (Å²) in [7, 11) is 0. The van der Waals surface area contributed by atoms with Gasteiger partial charge in [-0.1, -0.05) is 0 Å². The molecule has 0 aromatic carbocycles. The number of aliphatic hydroxyl groups excluding tert-OH is 8. The molecular formula is C12H22O11. The Balaban J connectivity index is 2.07. The fourth-order valence-electron chi connectivity index (χ4n) is 2.49. The molecule has 0 aromatic rings. The first-order chi connectivity index (χ1) is 10.8. The van der Waals surface area contributed by atoms with Crippen LogP contribution in [0.2, 0.25) is 0 Å². The van der Waals surface area contributed by atoms with E-state index in [1.165, 1.54) is 0 Å². The second-order valence-electron chi connectivity index (χ2n) is 5.53. The molecule has 4 unspecified atom stereocenters. The van der Waals surface area contributed by atoms with E-state index in [9.17, 15) is 30.6 Å². The van der Waals surface area contributed by atoms with Crippen molar-refractivity contribution in [3.05, 3.63) is 0 Å². The van der Waals surface area contributed by atoms with Gasteiger partial charge in [0, 0.05) is 0 Å². The van der Waals surface area contributed by atoms with Crippen molar-refractivity contribution in [2.24, 2.45) is 0 Å². The van der Waals surface area contributed by atoms with Gasteiger partial charge in [0.2, 0.25) is 0 Å². The molecule has 136 valence electrons. The van der Waals surface area contributed by atoms with Crippen molar-refractivity contribution < 1.29 is 55.1 Å². The zero-order valence-corrected chi connectivity index (χ0v) is 12.0. The van der Waals surface area contributed by atoms with Crippen molar-refractivity contribution in [1.29, 1.82) is 0 Å². The predicted octanol–water partition coefficient (Wildman–Crippen LogP) is -5.40. The third-order valence-corrected chi connectivity index (χ3v) is 3.97. The quantitative estimate of drug-likeness (QED) is 0.243. The van der Waals surface area contributed by atoms with E-state index in [0.717, 1.165) is 0 Å². The summed E-state index contributed by atoms with van der Waals surface area (Å²) in [5.74, 6) is 0. The van der Waals surface area contributed by atoms with Crippen LogP contribution in [-0.2, 0) is 14.2 Å². The molecule has 2 aliphatic heterocycles. The first-order valence-corrected chi connectivity index (χ1v) is 7.08.